The van der Waals surface area contributed by atoms with Gasteiger partial charge in [0.2, 0.25) is 5.91 Å². The molecule has 1 N–H and O–H groups in total. The van der Waals surface area contributed by atoms with Gasteiger partial charge in [-0.15, -0.1) is 0 Å². The molecule has 0 aliphatic carbocycles. The largest absolute Gasteiger partial charge is 0.372 e. The van der Waals surface area contributed by atoms with Crippen molar-refractivity contribution in [2.75, 3.05) is 25.2 Å². The maximum absolute atomic E-state index is 11.0. The molecule has 0 bridgehead atoms. The maximum atomic E-state index is 11.0. The zero-order valence-corrected chi connectivity index (χ0v) is 7.15. The van der Waals surface area contributed by atoms with Crippen LogP contribution in [0, 0.1) is 0 Å². The van der Waals surface area contributed by atoms with E-state index in [4.69, 9.17) is 4.74 Å². The number of carbonyl (C=O) groups excluding carboxylic acids is 1. The standard InChI is InChI=1S/C6H11NO3S/c1-7-6(8)4-11(9)3-5-2-10-5/h5H,2-4H2,1H3,(H,7,8). The van der Waals surface area contributed by atoms with E-state index in [1.54, 1.807) is 0 Å². The second-order valence-electron chi connectivity index (χ2n) is 2.38. The highest BCUT2D eigenvalue weighted by atomic mass is 32.2. The number of epoxide rings is 1. The highest BCUT2D eigenvalue weighted by Crippen LogP contribution is 2.09. The van der Waals surface area contributed by atoms with Crippen molar-refractivity contribution in [3.63, 3.8) is 0 Å². The van der Waals surface area contributed by atoms with E-state index in [1.807, 2.05) is 0 Å². The molecule has 2 unspecified atom stereocenters. The Bertz CT molecular complexity index is 179. The Kier molecular flexibility index (Phi) is 3.02. The van der Waals surface area contributed by atoms with Crippen molar-refractivity contribution in [3.8, 4) is 0 Å². The van der Waals surface area contributed by atoms with Gasteiger partial charge in [0.25, 0.3) is 0 Å². The number of rotatable bonds is 4. The fourth-order valence-electron chi connectivity index (χ4n) is 0.649. The van der Waals surface area contributed by atoms with Crippen LogP contribution in [0.1, 0.15) is 0 Å². The Labute approximate surface area is 67.8 Å². The maximum Gasteiger partial charge on any atom is 0.232 e. The predicted molar refractivity (Wildman–Crippen MR) is 41.7 cm³/mol. The fourth-order valence-corrected chi connectivity index (χ4v) is 1.81. The quantitative estimate of drug-likeness (QED) is 0.553. The van der Waals surface area contributed by atoms with Gasteiger partial charge in [-0.1, -0.05) is 0 Å². The molecule has 0 radical (unpaired) electrons. The molecule has 0 aromatic rings. The molecular weight excluding hydrogens is 166 g/mol. The third-order valence-corrected chi connectivity index (χ3v) is 2.67. The molecule has 1 aliphatic heterocycles. The van der Waals surface area contributed by atoms with Gasteiger partial charge < -0.3 is 10.1 Å². The van der Waals surface area contributed by atoms with Gasteiger partial charge >= 0.3 is 0 Å². The summed E-state index contributed by atoms with van der Waals surface area (Å²) in [4.78, 5) is 10.7. The minimum atomic E-state index is -1.05. The molecule has 1 saturated heterocycles. The summed E-state index contributed by atoms with van der Waals surface area (Å²) in [5, 5.41) is 2.42. The van der Waals surface area contributed by atoms with Crippen LogP contribution in [0.5, 0.6) is 0 Å². The second-order valence-corrected chi connectivity index (χ2v) is 3.88. The molecular formula is C6H11NO3S. The molecule has 1 heterocycles. The molecule has 1 aliphatic rings. The first-order valence-electron chi connectivity index (χ1n) is 3.39. The summed E-state index contributed by atoms with van der Waals surface area (Å²) in [5.74, 6) is 0.410. The van der Waals surface area contributed by atoms with Crippen LogP contribution in [-0.4, -0.2) is 41.4 Å². The lowest BCUT2D eigenvalue weighted by atomic mass is 10.6. The molecule has 0 spiro atoms. The van der Waals surface area contributed by atoms with Crippen molar-refractivity contribution in [2.24, 2.45) is 0 Å². The SMILES string of the molecule is CNC(=O)CS(=O)CC1CO1. The van der Waals surface area contributed by atoms with E-state index < -0.39 is 10.8 Å². The molecule has 11 heavy (non-hydrogen) atoms. The van der Waals surface area contributed by atoms with E-state index in [0.717, 1.165) is 0 Å². The molecule has 64 valence electrons. The van der Waals surface area contributed by atoms with Crippen molar-refractivity contribution in [1.82, 2.24) is 5.32 Å². The molecule has 5 heteroatoms. The van der Waals surface area contributed by atoms with Crippen molar-refractivity contribution < 1.29 is 13.7 Å². The van der Waals surface area contributed by atoms with Crippen LogP contribution in [-0.2, 0) is 20.3 Å². The molecule has 0 aromatic carbocycles. The molecule has 1 amide bonds. The zero-order valence-electron chi connectivity index (χ0n) is 6.33. The van der Waals surface area contributed by atoms with Crippen LogP contribution >= 0.6 is 0 Å². The van der Waals surface area contributed by atoms with Crippen molar-refractivity contribution in [3.05, 3.63) is 0 Å². The summed E-state index contributed by atoms with van der Waals surface area (Å²) >= 11 is 0. The van der Waals surface area contributed by atoms with Crippen molar-refractivity contribution in [2.45, 2.75) is 6.10 Å². The first-order chi connectivity index (χ1) is 5.22. The summed E-state index contributed by atoms with van der Waals surface area (Å²) in [6.07, 6.45) is 0.139. The third kappa shape index (κ3) is 3.48. The molecule has 4 nitrogen and oxygen atoms in total. The van der Waals surface area contributed by atoms with E-state index in [2.05, 4.69) is 5.32 Å². The van der Waals surface area contributed by atoms with Crippen LogP contribution in [0.15, 0.2) is 0 Å². The van der Waals surface area contributed by atoms with Crippen LogP contribution in [0.25, 0.3) is 0 Å². The lowest BCUT2D eigenvalue weighted by Crippen LogP contribution is -2.26. The Morgan fingerprint density at radius 1 is 1.82 bits per heavy atom. The monoisotopic (exact) mass is 177 g/mol. The van der Waals surface area contributed by atoms with Crippen LogP contribution in [0.2, 0.25) is 0 Å². The van der Waals surface area contributed by atoms with Crippen molar-refractivity contribution >= 4 is 16.7 Å². The normalized spacial score (nSPS) is 24.3. The number of carbonyl (C=O) groups is 1. The summed E-state index contributed by atoms with van der Waals surface area (Å²) in [7, 11) is 0.480. The topological polar surface area (TPSA) is 58.7 Å². The van der Waals surface area contributed by atoms with Gasteiger partial charge in [0, 0.05) is 17.8 Å². The number of nitrogens with one attached hydrogen (secondary N) is 1. The second kappa shape index (κ2) is 3.82. The van der Waals surface area contributed by atoms with E-state index in [1.165, 1.54) is 7.05 Å². The summed E-state index contributed by atoms with van der Waals surface area (Å²) in [6, 6.07) is 0. The highest BCUT2D eigenvalue weighted by molar-refractivity contribution is 7.85. The van der Waals surface area contributed by atoms with Gasteiger partial charge in [-0.25, -0.2) is 0 Å². The Morgan fingerprint density at radius 2 is 2.45 bits per heavy atom. The Hall–Kier alpha value is -0.420. The minimum Gasteiger partial charge on any atom is -0.372 e. The van der Waals surface area contributed by atoms with E-state index in [-0.39, 0.29) is 17.8 Å². The molecule has 1 rings (SSSR count). The Balaban J connectivity index is 2.13. The van der Waals surface area contributed by atoms with Gasteiger partial charge in [-0.3, -0.25) is 9.00 Å². The number of hydrogen-bond donors (Lipinski definition) is 1. The van der Waals surface area contributed by atoms with Crippen LogP contribution in [0.4, 0.5) is 0 Å². The molecule has 2 atom stereocenters. The first-order valence-corrected chi connectivity index (χ1v) is 4.88. The van der Waals surface area contributed by atoms with E-state index in [9.17, 15) is 9.00 Å². The lowest BCUT2D eigenvalue weighted by molar-refractivity contribution is -0.118. The Morgan fingerprint density at radius 3 is 2.91 bits per heavy atom. The van der Waals surface area contributed by atoms with Crippen LogP contribution < -0.4 is 5.32 Å². The minimum absolute atomic E-state index is 0.0936. The lowest BCUT2D eigenvalue weighted by Gasteiger charge is -1.97. The first kappa shape index (κ1) is 8.67. The van der Waals surface area contributed by atoms with Gasteiger partial charge in [-0.2, -0.15) is 0 Å². The molecule has 1 fully saturated rings. The average molecular weight is 177 g/mol. The van der Waals surface area contributed by atoms with Gasteiger partial charge in [0.15, 0.2) is 0 Å². The zero-order chi connectivity index (χ0) is 8.27. The van der Waals surface area contributed by atoms with Gasteiger partial charge in [0.05, 0.1) is 18.5 Å². The van der Waals surface area contributed by atoms with E-state index in [0.29, 0.717) is 12.4 Å². The predicted octanol–water partition coefficient (Wildman–Crippen LogP) is -1.12. The summed E-state index contributed by atoms with van der Waals surface area (Å²) in [6.45, 7) is 0.694. The highest BCUT2D eigenvalue weighted by Gasteiger charge is 2.25. The van der Waals surface area contributed by atoms with Gasteiger partial charge in [0.1, 0.15) is 5.75 Å². The molecule has 0 saturated carbocycles. The van der Waals surface area contributed by atoms with Crippen molar-refractivity contribution in [1.29, 1.82) is 0 Å². The third-order valence-electron chi connectivity index (χ3n) is 1.35. The number of amides is 1. The summed E-state index contributed by atoms with van der Waals surface area (Å²) < 4.78 is 15.9. The number of hydrogen-bond acceptors (Lipinski definition) is 3. The van der Waals surface area contributed by atoms with Crippen LogP contribution in [0.3, 0.4) is 0 Å². The van der Waals surface area contributed by atoms with Gasteiger partial charge in [-0.05, 0) is 0 Å². The fraction of sp³-hybridized carbons (Fsp3) is 0.833. The number of ether oxygens (including phenoxy) is 1. The molecule has 0 aromatic heterocycles. The summed E-state index contributed by atoms with van der Waals surface area (Å²) in [5.41, 5.74) is 0. The average Bonchev–Trinajstić information content (AvgIpc) is 2.71. The smallest absolute Gasteiger partial charge is 0.232 e. The van der Waals surface area contributed by atoms with E-state index >= 15 is 0 Å².